The van der Waals surface area contributed by atoms with E-state index in [1.54, 1.807) is 0 Å². The summed E-state index contributed by atoms with van der Waals surface area (Å²) < 4.78 is 9.33. The van der Waals surface area contributed by atoms with Gasteiger partial charge in [-0.2, -0.15) is 0 Å². The van der Waals surface area contributed by atoms with Crippen molar-refractivity contribution in [2.75, 3.05) is 13.7 Å². The Kier molecular flexibility index (Phi) is 22.0. The molecular weight excluding hydrogens is 292 g/mol. The molecule has 4 nitrogen and oxygen atoms in total. The molecule has 0 spiro atoms. The van der Waals surface area contributed by atoms with Gasteiger partial charge in [-0.3, -0.25) is 9.59 Å². The minimum absolute atomic E-state index is 0.0472. The van der Waals surface area contributed by atoms with Crippen LogP contribution in [0.5, 0.6) is 0 Å². The summed E-state index contributed by atoms with van der Waals surface area (Å²) in [4.78, 5) is 21.5. The predicted molar refractivity (Wildman–Crippen MR) is 95.4 cm³/mol. The van der Waals surface area contributed by atoms with Crippen LogP contribution in [0.3, 0.4) is 0 Å². The van der Waals surface area contributed by atoms with Crippen molar-refractivity contribution < 1.29 is 19.1 Å². The maximum absolute atomic E-state index is 10.9. The van der Waals surface area contributed by atoms with Crippen molar-refractivity contribution in [3.05, 3.63) is 0 Å². The first kappa shape index (κ1) is 24.2. The smallest absolute Gasteiger partial charge is 0.305 e. The molecule has 0 aliphatic heterocycles. The zero-order valence-electron chi connectivity index (χ0n) is 15.8. The first-order valence-corrected chi connectivity index (χ1v) is 9.34. The predicted octanol–water partition coefficient (Wildman–Crippen LogP) is 5.43. The Labute approximate surface area is 143 Å². The van der Waals surface area contributed by atoms with Gasteiger partial charge in [-0.25, -0.2) is 0 Å². The molecule has 0 aliphatic carbocycles. The van der Waals surface area contributed by atoms with Crippen molar-refractivity contribution in [3.63, 3.8) is 0 Å². The van der Waals surface area contributed by atoms with E-state index in [4.69, 9.17) is 4.74 Å². The van der Waals surface area contributed by atoms with Crippen LogP contribution >= 0.6 is 0 Å². The molecule has 0 aromatic carbocycles. The monoisotopic (exact) mass is 330 g/mol. The van der Waals surface area contributed by atoms with Gasteiger partial charge in [0.05, 0.1) is 13.7 Å². The topological polar surface area (TPSA) is 52.6 Å². The molecule has 0 heterocycles. The van der Waals surface area contributed by atoms with Crippen molar-refractivity contribution in [1.82, 2.24) is 0 Å². The summed E-state index contributed by atoms with van der Waals surface area (Å²) in [6.45, 7) is 6.72. The molecule has 0 amide bonds. The summed E-state index contributed by atoms with van der Waals surface area (Å²) in [5.41, 5.74) is 0. The number of esters is 2. The highest BCUT2D eigenvalue weighted by atomic mass is 16.5. The first-order chi connectivity index (χ1) is 11.1. The fourth-order valence-electron chi connectivity index (χ4n) is 2.08. The minimum Gasteiger partial charge on any atom is -0.469 e. The van der Waals surface area contributed by atoms with Gasteiger partial charge < -0.3 is 9.47 Å². The van der Waals surface area contributed by atoms with Gasteiger partial charge in [0.25, 0.3) is 0 Å². The average molecular weight is 331 g/mol. The largest absolute Gasteiger partial charge is 0.469 e. The molecule has 0 aromatic heterocycles. The molecule has 0 fully saturated rings. The Morgan fingerprint density at radius 1 is 0.652 bits per heavy atom. The Bertz CT molecular complexity index is 264. The first-order valence-electron chi connectivity index (χ1n) is 9.34. The van der Waals surface area contributed by atoms with Crippen molar-refractivity contribution in [2.45, 2.75) is 97.8 Å². The van der Waals surface area contributed by atoms with Crippen LogP contribution in [0.15, 0.2) is 0 Å². The molecule has 0 atom stereocenters. The Hall–Kier alpha value is -1.06. The normalized spacial score (nSPS) is 9.74. The summed E-state index contributed by atoms with van der Waals surface area (Å²) in [6, 6.07) is 0. The zero-order valence-corrected chi connectivity index (χ0v) is 15.8. The van der Waals surface area contributed by atoms with Gasteiger partial charge in [-0.05, 0) is 19.8 Å². The lowest BCUT2D eigenvalue weighted by Crippen LogP contribution is -2.02. The zero-order chi connectivity index (χ0) is 17.8. The maximum atomic E-state index is 10.9. The number of ether oxygens (including phenoxy) is 2. The molecule has 0 unspecified atom stereocenters. The van der Waals surface area contributed by atoms with Crippen molar-refractivity contribution in [3.8, 4) is 0 Å². The van der Waals surface area contributed by atoms with Gasteiger partial charge in [0.1, 0.15) is 0 Å². The number of rotatable bonds is 13. The van der Waals surface area contributed by atoms with E-state index in [1.165, 1.54) is 45.6 Å². The third-order valence-electron chi connectivity index (χ3n) is 3.50. The van der Waals surface area contributed by atoms with Crippen LogP contribution in [0.4, 0.5) is 0 Å². The third kappa shape index (κ3) is 23.3. The second kappa shape index (κ2) is 20.9. The second-order valence-corrected chi connectivity index (χ2v) is 5.71. The van der Waals surface area contributed by atoms with E-state index in [1.807, 2.05) is 6.92 Å². The van der Waals surface area contributed by atoms with Crippen molar-refractivity contribution in [1.29, 1.82) is 0 Å². The fraction of sp³-hybridized carbons (Fsp3) is 0.895. The number of carbonyl (C=O) groups is 2. The summed E-state index contributed by atoms with van der Waals surface area (Å²) in [5, 5.41) is 0. The van der Waals surface area contributed by atoms with Gasteiger partial charge in [0, 0.05) is 12.8 Å². The van der Waals surface area contributed by atoms with Crippen LogP contribution < -0.4 is 0 Å². The van der Waals surface area contributed by atoms with Crippen LogP contribution in [0.25, 0.3) is 0 Å². The van der Waals surface area contributed by atoms with Gasteiger partial charge in [-0.1, -0.05) is 65.2 Å². The molecule has 0 saturated heterocycles. The molecule has 4 heteroatoms. The highest BCUT2D eigenvalue weighted by molar-refractivity contribution is 5.69. The molecule has 0 N–H and O–H groups in total. The van der Waals surface area contributed by atoms with E-state index in [0.29, 0.717) is 19.4 Å². The van der Waals surface area contributed by atoms with E-state index in [2.05, 4.69) is 18.6 Å². The van der Waals surface area contributed by atoms with Crippen molar-refractivity contribution in [2.24, 2.45) is 0 Å². The molecule has 0 radical (unpaired) electrons. The van der Waals surface area contributed by atoms with Crippen LogP contribution in [0.2, 0.25) is 0 Å². The minimum atomic E-state index is -0.0819. The lowest BCUT2D eigenvalue weighted by molar-refractivity contribution is -0.143. The number of unbranched alkanes of at least 4 members (excludes halogenated alkanes) is 8. The molecule has 23 heavy (non-hydrogen) atoms. The molecule has 0 bridgehead atoms. The molecular formula is C19H38O4. The lowest BCUT2D eigenvalue weighted by Gasteiger charge is -2.00. The van der Waals surface area contributed by atoms with E-state index in [9.17, 15) is 9.59 Å². The van der Waals surface area contributed by atoms with E-state index in [-0.39, 0.29) is 11.9 Å². The quantitative estimate of drug-likeness (QED) is 0.334. The number of methoxy groups -OCH3 is 1. The number of hydrogen-bond donors (Lipinski definition) is 0. The number of hydrogen-bond acceptors (Lipinski definition) is 4. The van der Waals surface area contributed by atoms with Gasteiger partial charge in [0.15, 0.2) is 0 Å². The van der Waals surface area contributed by atoms with Crippen LogP contribution in [-0.4, -0.2) is 25.7 Å². The van der Waals surface area contributed by atoms with Crippen LogP contribution in [0, 0.1) is 0 Å². The van der Waals surface area contributed by atoms with Crippen molar-refractivity contribution >= 4 is 11.9 Å². The average Bonchev–Trinajstić information content (AvgIpc) is 2.55. The maximum Gasteiger partial charge on any atom is 0.305 e. The molecule has 0 saturated carbocycles. The molecule has 0 aliphatic rings. The van der Waals surface area contributed by atoms with Gasteiger partial charge >= 0.3 is 11.9 Å². The third-order valence-corrected chi connectivity index (χ3v) is 3.50. The van der Waals surface area contributed by atoms with E-state index < -0.39 is 0 Å². The van der Waals surface area contributed by atoms with E-state index >= 15 is 0 Å². The summed E-state index contributed by atoms with van der Waals surface area (Å²) in [6.07, 6.45) is 13.0. The SMILES string of the molecule is CCCCCCCC(=O)OC.CCCCCCCC(=O)OCC. The highest BCUT2D eigenvalue weighted by Crippen LogP contribution is 2.06. The summed E-state index contributed by atoms with van der Waals surface area (Å²) >= 11 is 0. The second-order valence-electron chi connectivity index (χ2n) is 5.71. The van der Waals surface area contributed by atoms with Gasteiger partial charge in [-0.15, -0.1) is 0 Å². The molecule has 138 valence electrons. The number of carbonyl (C=O) groups excluding carboxylic acids is 2. The standard InChI is InChI=1S/C10H20O2.C9H18O2/c1-3-5-6-7-8-9-10(11)12-4-2;1-3-4-5-6-7-8-9(10)11-2/h3-9H2,1-2H3;3-8H2,1-2H3. The van der Waals surface area contributed by atoms with E-state index in [0.717, 1.165) is 25.7 Å². The van der Waals surface area contributed by atoms with Crippen LogP contribution in [0.1, 0.15) is 97.8 Å². The summed E-state index contributed by atoms with van der Waals surface area (Å²) in [5.74, 6) is -0.129. The Balaban J connectivity index is 0. The van der Waals surface area contributed by atoms with Gasteiger partial charge in [0.2, 0.25) is 0 Å². The highest BCUT2D eigenvalue weighted by Gasteiger charge is 1.99. The van der Waals surface area contributed by atoms with Crippen LogP contribution in [-0.2, 0) is 19.1 Å². The lowest BCUT2D eigenvalue weighted by atomic mass is 10.1. The Morgan fingerprint density at radius 2 is 1.09 bits per heavy atom. The molecule has 0 rings (SSSR count). The Morgan fingerprint density at radius 3 is 1.48 bits per heavy atom. The molecule has 0 aromatic rings. The summed E-state index contributed by atoms with van der Waals surface area (Å²) in [7, 11) is 1.44. The fourth-order valence-corrected chi connectivity index (χ4v) is 2.08.